The van der Waals surface area contributed by atoms with Gasteiger partial charge in [-0.05, 0) is 36.4 Å². The van der Waals surface area contributed by atoms with Gasteiger partial charge in [-0.2, -0.15) is 18.4 Å². The predicted molar refractivity (Wildman–Crippen MR) is 112 cm³/mol. The Kier molecular flexibility index (Phi) is 6.58. The van der Waals surface area contributed by atoms with Gasteiger partial charge in [0.25, 0.3) is 0 Å². The standard InChI is InChI=1S/C22H19F3N4O5/c23-22(24,25)13-4-2-6-15(8-13)28-21(31)34-17-11-33-18-16(10-32-19(17)18)29-20(30)27-14-5-1-3-12(7-14)9-26/h1-8,16-19H,10-11H2,(H,28,31)(H2,27,29,30)/t16-,17-,18-,19+/m1/s1. The van der Waals surface area contributed by atoms with Crippen molar-refractivity contribution in [1.29, 1.82) is 5.26 Å². The van der Waals surface area contributed by atoms with E-state index in [1.165, 1.54) is 18.2 Å². The van der Waals surface area contributed by atoms with E-state index < -0.39 is 48.2 Å². The van der Waals surface area contributed by atoms with Crippen molar-refractivity contribution in [2.45, 2.75) is 30.5 Å². The van der Waals surface area contributed by atoms with E-state index in [0.717, 1.165) is 12.1 Å². The van der Waals surface area contributed by atoms with E-state index in [0.29, 0.717) is 11.3 Å². The van der Waals surface area contributed by atoms with Gasteiger partial charge >= 0.3 is 18.3 Å². The molecule has 4 atom stereocenters. The zero-order valence-corrected chi connectivity index (χ0v) is 17.5. The number of fused-ring (bicyclic) bond motifs is 1. The summed E-state index contributed by atoms with van der Waals surface area (Å²) in [4.78, 5) is 24.5. The number of anilines is 2. The van der Waals surface area contributed by atoms with Crippen molar-refractivity contribution in [3.8, 4) is 6.07 Å². The smallest absolute Gasteiger partial charge is 0.416 e. The van der Waals surface area contributed by atoms with Crippen LogP contribution in [0.1, 0.15) is 11.1 Å². The largest absolute Gasteiger partial charge is 0.441 e. The number of rotatable bonds is 4. The van der Waals surface area contributed by atoms with E-state index in [-0.39, 0.29) is 18.9 Å². The van der Waals surface area contributed by atoms with Gasteiger partial charge in [0.05, 0.1) is 36.5 Å². The van der Waals surface area contributed by atoms with Crippen LogP contribution in [0.15, 0.2) is 48.5 Å². The molecule has 9 nitrogen and oxygen atoms in total. The third-order valence-electron chi connectivity index (χ3n) is 5.27. The lowest BCUT2D eigenvalue weighted by molar-refractivity contribution is -0.137. The fourth-order valence-corrected chi connectivity index (χ4v) is 3.75. The fourth-order valence-electron chi connectivity index (χ4n) is 3.75. The minimum atomic E-state index is -4.54. The van der Waals surface area contributed by atoms with Gasteiger partial charge in [-0.3, -0.25) is 5.32 Å². The number of hydrogen-bond donors (Lipinski definition) is 3. The summed E-state index contributed by atoms with van der Waals surface area (Å²) < 4.78 is 55.1. The lowest BCUT2D eigenvalue weighted by Crippen LogP contribution is -2.46. The highest BCUT2D eigenvalue weighted by atomic mass is 19.4. The molecule has 0 bridgehead atoms. The van der Waals surface area contributed by atoms with Crippen LogP contribution in [0.25, 0.3) is 0 Å². The molecule has 178 valence electrons. The predicted octanol–water partition coefficient (Wildman–Crippen LogP) is 3.48. The van der Waals surface area contributed by atoms with Crippen LogP contribution in [0.4, 0.5) is 34.1 Å². The number of urea groups is 1. The molecule has 2 heterocycles. The zero-order chi connectivity index (χ0) is 24.3. The number of ether oxygens (including phenoxy) is 3. The number of carbonyl (C=O) groups is 2. The van der Waals surface area contributed by atoms with E-state index in [1.807, 2.05) is 6.07 Å². The van der Waals surface area contributed by atoms with Crippen molar-refractivity contribution in [3.05, 3.63) is 59.7 Å². The Morgan fingerprint density at radius 3 is 2.44 bits per heavy atom. The van der Waals surface area contributed by atoms with Crippen LogP contribution >= 0.6 is 0 Å². The van der Waals surface area contributed by atoms with Crippen molar-refractivity contribution in [2.24, 2.45) is 0 Å². The van der Waals surface area contributed by atoms with Gasteiger partial charge < -0.3 is 24.8 Å². The third kappa shape index (κ3) is 5.38. The average molecular weight is 476 g/mol. The van der Waals surface area contributed by atoms with Crippen LogP contribution in [0, 0.1) is 11.3 Å². The van der Waals surface area contributed by atoms with Crippen LogP contribution in [0.2, 0.25) is 0 Å². The van der Waals surface area contributed by atoms with Crippen molar-refractivity contribution in [3.63, 3.8) is 0 Å². The lowest BCUT2D eigenvalue weighted by Gasteiger charge is -2.18. The molecule has 2 fully saturated rings. The molecule has 2 aromatic carbocycles. The third-order valence-corrected chi connectivity index (χ3v) is 5.27. The summed E-state index contributed by atoms with van der Waals surface area (Å²) >= 11 is 0. The van der Waals surface area contributed by atoms with Gasteiger partial charge in [0.2, 0.25) is 0 Å². The molecule has 0 unspecified atom stereocenters. The molecule has 0 aliphatic carbocycles. The molecule has 2 saturated heterocycles. The summed E-state index contributed by atoms with van der Waals surface area (Å²) in [5.74, 6) is 0. The molecular formula is C22H19F3N4O5. The van der Waals surface area contributed by atoms with Gasteiger partial charge in [-0.15, -0.1) is 0 Å². The maximum absolute atomic E-state index is 12.8. The van der Waals surface area contributed by atoms with Gasteiger partial charge in [0.15, 0.2) is 6.10 Å². The molecule has 0 spiro atoms. The molecule has 0 aromatic heterocycles. The maximum Gasteiger partial charge on any atom is 0.416 e. The fraction of sp³-hybridized carbons (Fsp3) is 0.318. The maximum atomic E-state index is 12.8. The second kappa shape index (κ2) is 9.58. The number of nitrogens with zero attached hydrogens (tertiary/aromatic N) is 1. The molecule has 34 heavy (non-hydrogen) atoms. The lowest BCUT2D eigenvalue weighted by atomic mass is 10.1. The molecule has 3 amide bonds. The quantitative estimate of drug-likeness (QED) is 0.621. The van der Waals surface area contributed by atoms with E-state index in [4.69, 9.17) is 19.5 Å². The molecule has 12 heteroatoms. The van der Waals surface area contributed by atoms with Crippen LogP contribution < -0.4 is 16.0 Å². The number of nitrogens with one attached hydrogen (secondary N) is 3. The number of alkyl halides is 3. The van der Waals surface area contributed by atoms with E-state index in [9.17, 15) is 22.8 Å². The van der Waals surface area contributed by atoms with Crippen molar-refractivity contribution in [1.82, 2.24) is 5.32 Å². The molecule has 2 aromatic rings. The Morgan fingerprint density at radius 2 is 1.71 bits per heavy atom. The van der Waals surface area contributed by atoms with Gasteiger partial charge in [0, 0.05) is 11.4 Å². The molecule has 4 rings (SSSR count). The zero-order valence-electron chi connectivity index (χ0n) is 17.5. The van der Waals surface area contributed by atoms with Gasteiger partial charge in [-0.25, -0.2) is 9.59 Å². The van der Waals surface area contributed by atoms with Crippen LogP contribution in [0.5, 0.6) is 0 Å². The highest BCUT2D eigenvalue weighted by molar-refractivity contribution is 5.89. The second-order valence-electron chi connectivity index (χ2n) is 7.64. The molecule has 0 saturated carbocycles. The first-order chi connectivity index (χ1) is 16.2. The van der Waals surface area contributed by atoms with Crippen LogP contribution in [-0.2, 0) is 20.4 Å². The van der Waals surface area contributed by atoms with Crippen molar-refractivity contribution < 1.29 is 37.0 Å². The molecule has 2 aliphatic heterocycles. The van der Waals surface area contributed by atoms with Crippen molar-refractivity contribution >= 4 is 23.5 Å². The highest BCUT2D eigenvalue weighted by Crippen LogP contribution is 2.31. The van der Waals surface area contributed by atoms with Crippen LogP contribution in [-0.4, -0.2) is 49.7 Å². The highest BCUT2D eigenvalue weighted by Gasteiger charge is 2.50. The van der Waals surface area contributed by atoms with Gasteiger partial charge in [-0.1, -0.05) is 12.1 Å². The Bertz CT molecular complexity index is 1120. The van der Waals surface area contributed by atoms with E-state index in [1.54, 1.807) is 18.2 Å². The summed E-state index contributed by atoms with van der Waals surface area (Å²) in [7, 11) is 0. The van der Waals surface area contributed by atoms with Crippen molar-refractivity contribution in [2.75, 3.05) is 23.8 Å². The Balaban J connectivity index is 1.29. The first-order valence-corrected chi connectivity index (χ1v) is 10.2. The molecule has 3 N–H and O–H groups in total. The number of amides is 3. The Morgan fingerprint density at radius 1 is 1.00 bits per heavy atom. The topological polar surface area (TPSA) is 122 Å². The summed E-state index contributed by atoms with van der Waals surface area (Å²) in [5, 5.41) is 16.6. The molecule has 2 aliphatic rings. The minimum absolute atomic E-state index is 0.00461. The summed E-state index contributed by atoms with van der Waals surface area (Å²) in [6.07, 6.45) is -7.54. The number of benzene rings is 2. The second-order valence-corrected chi connectivity index (χ2v) is 7.64. The summed E-state index contributed by atoms with van der Waals surface area (Å²) in [5.41, 5.74) is -0.143. The summed E-state index contributed by atoms with van der Waals surface area (Å²) in [6, 6.07) is 11.5. The Labute approximate surface area is 191 Å². The average Bonchev–Trinajstić information content (AvgIpc) is 3.37. The SMILES string of the molecule is N#Cc1cccc(NC(=O)N[C@@H]2CO[C@@H]3[C@@H]2OC[C@H]3OC(=O)Nc2cccc(C(F)(F)F)c2)c1. The summed E-state index contributed by atoms with van der Waals surface area (Å²) in [6.45, 7) is 0.103. The number of halogens is 3. The number of hydrogen-bond acceptors (Lipinski definition) is 6. The Hall–Kier alpha value is -3.82. The van der Waals surface area contributed by atoms with E-state index in [2.05, 4.69) is 16.0 Å². The molecule has 0 radical (unpaired) electrons. The molecular weight excluding hydrogens is 457 g/mol. The first-order valence-electron chi connectivity index (χ1n) is 10.2. The van der Waals surface area contributed by atoms with E-state index >= 15 is 0 Å². The van der Waals surface area contributed by atoms with Crippen LogP contribution in [0.3, 0.4) is 0 Å². The van der Waals surface area contributed by atoms with Gasteiger partial charge in [0.1, 0.15) is 12.2 Å². The monoisotopic (exact) mass is 476 g/mol. The number of carbonyl (C=O) groups excluding carboxylic acids is 2. The number of nitriles is 1. The first kappa shape index (κ1) is 23.3. The minimum Gasteiger partial charge on any atom is -0.441 e. The normalized spacial score (nSPS) is 23.5.